The molecule has 0 saturated heterocycles. The van der Waals surface area contributed by atoms with Gasteiger partial charge in [-0.1, -0.05) is 27.5 Å². The van der Waals surface area contributed by atoms with Crippen LogP contribution < -0.4 is 0 Å². The van der Waals surface area contributed by atoms with Gasteiger partial charge in [0.15, 0.2) is 5.78 Å². The Balaban J connectivity index is 3.26. The molecule has 0 aliphatic carbocycles. The van der Waals surface area contributed by atoms with Gasteiger partial charge in [0.1, 0.15) is 0 Å². The summed E-state index contributed by atoms with van der Waals surface area (Å²) in [5.41, 5.74) is 1.34. The quantitative estimate of drug-likeness (QED) is 0.595. The summed E-state index contributed by atoms with van der Waals surface area (Å²) in [6, 6.07) is 3.46. The van der Waals surface area contributed by atoms with E-state index in [0.29, 0.717) is 10.6 Å². The molecule has 0 aliphatic rings. The van der Waals surface area contributed by atoms with Crippen LogP contribution in [-0.4, -0.2) is 11.7 Å². The van der Waals surface area contributed by atoms with Crippen molar-refractivity contribution in [1.29, 1.82) is 0 Å². The monoisotopic (exact) mass is 280 g/mol. The molecule has 0 aromatic heterocycles. The summed E-state index contributed by atoms with van der Waals surface area (Å²) in [6.07, 6.45) is 0. The normalized spacial score (nSPS) is 10.2. The van der Waals surface area contributed by atoms with Gasteiger partial charge in [-0.2, -0.15) is 0 Å². The third kappa shape index (κ3) is 2.25. The van der Waals surface area contributed by atoms with Gasteiger partial charge in [-0.05, 0) is 24.6 Å². The fourth-order valence-corrected chi connectivity index (χ4v) is 1.81. The van der Waals surface area contributed by atoms with Gasteiger partial charge in [0.2, 0.25) is 0 Å². The van der Waals surface area contributed by atoms with E-state index >= 15 is 0 Å². The van der Waals surface area contributed by atoms with E-state index in [1.54, 1.807) is 12.1 Å². The lowest BCUT2D eigenvalue weighted by atomic mass is 10.1. The topological polar surface area (TPSA) is 17.1 Å². The number of carbonyl (C=O) groups excluding carboxylic acids is 1. The lowest BCUT2D eigenvalue weighted by Gasteiger charge is -2.05. The van der Waals surface area contributed by atoms with E-state index in [-0.39, 0.29) is 11.7 Å². The predicted octanol–water partition coefficient (Wildman–Crippen LogP) is 3.83. The molecule has 0 amide bonds. The number of benzene rings is 1. The third-order valence-electron chi connectivity index (χ3n) is 1.74. The molecule has 1 nitrogen and oxygen atoms in total. The molecule has 0 fully saturated rings. The molecule has 0 unspecified atom stereocenters. The van der Waals surface area contributed by atoms with E-state index in [2.05, 4.69) is 15.9 Å². The van der Waals surface area contributed by atoms with Crippen LogP contribution in [-0.2, 0) is 0 Å². The van der Waals surface area contributed by atoms with Crippen LogP contribution in [0.3, 0.4) is 0 Å². The Hall–Kier alpha value is -0.0500. The van der Waals surface area contributed by atoms with Gasteiger partial charge in [0.05, 0.1) is 10.9 Å². The van der Waals surface area contributed by atoms with Crippen molar-refractivity contribution in [3.05, 3.63) is 32.8 Å². The molecule has 0 spiro atoms. The summed E-state index contributed by atoms with van der Waals surface area (Å²) < 4.78 is 0.892. The van der Waals surface area contributed by atoms with Gasteiger partial charge >= 0.3 is 0 Å². The Morgan fingerprint density at radius 3 is 2.69 bits per heavy atom. The van der Waals surface area contributed by atoms with Gasteiger partial charge in [0, 0.05) is 10.0 Å². The van der Waals surface area contributed by atoms with Gasteiger partial charge in [-0.15, -0.1) is 11.6 Å². The van der Waals surface area contributed by atoms with Crippen LogP contribution in [0.4, 0.5) is 0 Å². The van der Waals surface area contributed by atoms with Crippen molar-refractivity contribution in [2.45, 2.75) is 6.92 Å². The average Bonchev–Trinajstić information content (AvgIpc) is 2.13. The standard InChI is InChI=1S/C9H7BrCl2O/c1-5-7(10)3-2-6(9(5)12)8(13)4-11/h2-3H,4H2,1H3. The number of Topliss-reactive ketones (excluding diaryl/α,β-unsaturated/α-hetero) is 1. The second kappa shape index (κ2) is 4.45. The first kappa shape index (κ1) is 11.0. The van der Waals surface area contributed by atoms with Crippen LogP contribution in [0.2, 0.25) is 5.02 Å². The van der Waals surface area contributed by atoms with Crippen LogP contribution in [0, 0.1) is 6.92 Å². The van der Waals surface area contributed by atoms with Crippen molar-refractivity contribution in [1.82, 2.24) is 0 Å². The Morgan fingerprint density at radius 2 is 2.15 bits per heavy atom. The number of hydrogen-bond donors (Lipinski definition) is 0. The van der Waals surface area contributed by atoms with Crippen LogP contribution in [0.1, 0.15) is 15.9 Å². The van der Waals surface area contributed by atoms with Crippen molar-refractivity contribution < 1.29 is 4.79 Å². The van der Waals surface area contributed by atoms with Crippen molar-refractivity contribution in [3.8, 4) is 0 Å². The average molecular weight is 282 g/mol. The van der Waals surface area contributed by atoms with Crippen molar-refractivity contribution in [2.75, 3.05) is 5.88 Å². The number of hydrogen-bond acceptors (Lipinski definition) is 1. The molecule has 13 heavy (non-hydrogen) atoms. The maximum Gasteiger partial charge on any atom is 0.179 e. The molecule has 0 N–H and O–H groups in total. The minimum Gasteiger partial charge on any atom is -0.293 e. The molecule has 4 heteroatoms. The highest BCUT2D eigenvalue weighted by molar-refractivity contribution is 9.10. The van der Waals surface area contributed by atoms with Crippen LogP contribution in [0.25, 0.3) is 0 Å². The minimum atomic E-state index is -0.151. The number of carbonyl (C=O) groups is 1. The molecular formula is C9H7BrCl2O. The maximum atomic E-state index is 11.3. The second-order valence-corrected chi connectivity index (χ2v) is 4.09. The Morgan fingerprint density at radius 1 is 1.54 bits per heavy atom. The van der Waals surface area contributed by atoms with Gasteiger partial charge in [-0.3, -0.25) is 4.79 Å². The van der Waals surface area contributed by atoms with Crippen LogP contribution in [0.15, 0.2) is 16.6 Å². The van der Waals surface area contributed by atoms with E-state index in [9.17, 15) is 4.79 Å². The molecule has 0 heterocycles. The zero-order valence-electron chi connectivity index (χ0n) is 6.90. The molecule has 0 aliphatic heterocycles. The van der Waals surface area contributed by atoms with Gasteiger partial charge in [-0.25, -0.2) is 0 Å². The maximum absolute atomic E-state index is 11.3. The molecule has 70 valence electrons. The Labute approximate surface area is 95.2 Å². The van der Waals surface area contributed by atoms with Crippen molar-refractivity contribution in [3.63, 3.8) is 0 Å². The first-order valence-corrected chi connectivity index (χ1v) is 5.32. The summed E-state index contributed by atoms with van der Waals surface area (Å²) in [5.74, 6) is -0.192. The largest absolute Gasteiger partial charge is 0.293 e. The van der Waals surface area contributed by atoms with Gasteiger partial charge < -0.3 is 0 Å². The zero-order chi connectivity index (χ0) is 10.0. The fourth-order valence-electron chi connectivity index (χ4n) is 0.949. The summed E-state index contributed by atoms with van der Waals surface area (Å²) in [4.78, 5) is 11.3. The summed E-state index contributed by atoms with van der Waals surface area (Å²) in [7, 11) is 0. The molecule has 0 saturated carbocycles. The molecule has 1 aromatic rings. The Kier molecular flexibility index (Phi) is 3.77. The van der Waals surface area contributed by atoms with E-state index in [0.717, 1.165) is 10.0 Å². The van der Waals surface area contributed by atoms with Crippen molar-refractivity contribution >= 4 is 44.9 Å². The van der Waals surface area contributed by atoms with Crippen LogP contribution >= 0.6 is 39.1 Å². The highest BCUT2D eigenvalue weighted by Gasteiger charge is 2.12. The SMILES string of the molecule is Cc1c(Br)ccc(C(=O)CCl)c1Cl. The molecule has 1 rings (SSSR count). The summed E-state index contributed by atoms with van der Waals surface area (Å²) in [6.45, 7) is 1.84. The second-order valence-electron chi connectivity index (χ2n) is 2.59. The zero-order valence-corrected chi connectivity index (χ0v) is 10.0. The minimum absolute atomic E-state index is 0.0409. The summed E-state index contributed by atoms with van der Waals surface area (Å²) in [5, 5.41) is 0.472. The van der Waals surface area contributed by atoms with E-state index in [1.807, 2.05) is 6.92 Å². The molecular weight excluding hydrogens is 275 g/mol. The number of ketones is 1. The lowest BCUT2D eigenvalue weighted by molar-refractivity contribution is 0.102. The fraction of sp³-hybridized carbons (Fsp3) is 0.222. The number of halogens is 3. The number of alkyl halides is 1. The molecule has 0 radical (unpaired) electrons. The third-order valence-corrected chi connectivity index (χ3v) is 3.33. The predicted molar refractivity (Wildman–Crippen MR) is 58.9 cm³/mol. The molecule has 0 atom stereocenters. The van der Waals surface area contributed by atoms with E-state index < -0.39 is 0 Å². The number of rotatable bonds is 2. The highest BCUT2D eigenvalue weighted by Crippen LogP contribution is 2.27. The first-order valence-electron chi connectivity index (χ1n) is 3.61. The highest BCUT2D eigenvalue weighted by atomic mass is 79.9. The smallest absolute Gasteiger partial charge is 0.179 e. The summed E-state index contributed by atoms with van der Waals surface area (Å²) >= 11 is 14.7. The van der Waals surface area contributed by atoms with E-state index in [1.165, 1.54) is 0 Å². The van der Waals surface area contributed by atoms with Gasteiger partial charge in [0.25, 0.3) is 0 Å². The lowest BCUT2D eigenvalue weighted by Crippen LogP contribution is -2.02. The van der Waals surface area contributed by atoms with Crippen LogP contribution in [0.5, 0.6) is 0 Å². The Bertz CT molecular complexity index is 350. The first-order chi connectivity index (χ1) is 6.07. The van der Waals surface area contributed by atoms with E-state index in [4.69, 9.17) is 23.2 Å². The van der Waals surface area contributed by atoms with Crippen molar-refractivity contribution in [2.24, 2.45) is 0 Å². The molecule has 0 bridgehead atoms. The molecule has 1 aromatic carbocycles.